The summed E-state index contributed by atoms with van der Waals surface area (Å²) in [4.78, 5) is 11.5. The summed E-state index contributed by atoms with van der Waals surface area (Å²) in [7, 11) is 0. The van der Waals surface area contributed by atoms with E-state index in [4.69, 9.17) is 14.6 Å². The number of hydrogen-bond acceptors (Lipinski definition) is 7. The van der Waals surface area contributed by atoms with Crippen LogP contribution in [0.15, 0.2) is 22.8 Å². The lowest BCUT2D eigenvalue weighted by Crippen LogP contribution is -2.48. The van der Waals surface area contributed by atoms with E-state index >= 15 is 0 Å². The molecule has 0 amide bonds. The highest BCUT2D eigenvalue weighted by Gasteiger charge is 2.35. The molecule has 5 N–H and O–H groups in total. The summed E-state index contributed by atoms with van der Waals surface area (Å²) in [5, 5.41) is 45.8. The number of aliphatic hydroxyl groups is 5. The van der Waals surface area contributed by atoms with Crippen molar-refractivity contribution in [3.05, 3.63) is 24.2 Å². The van der Waals surface area contributed by atoms with E-state index in [1.54, 1.807) is 0 Å². The van der Waals surface area contributed by atoms with Gasteiger partial charge in [0.05, 0.1) is 12.9 Å². The molecule has 4 atom stereocenters. The molecule has 1 rings (SSSR count). The van der Waals surface area contributed by atoms with E-state index in [1.165, 1.54) is 18.4 Å². The molecular weight excluding hydrogens is 232 g/mol. The second-order valence-corrected chi connectivity index (χ2v) is 3.52. The third-order valence-corrected chi connectivity index (χ3v) is 2.29. The molecule has 17 heavy (non-hydrogen) atoms. The Bertz CT molecular complexity index is 348. The van der Waals surface area contributed by atoms with Gasteiger partial charge in [0.2, 0.25) is 5.78 Å². The Morgan fingerprint density at radius 1 is 1.24 bits per heavy atom. The third kappa shape index (κ3) is 3.11. The molecule has 0 fully saturated rings. The van der Waals surface area contributed by atoms with Crippen LogP contribution in [0.1, 0.15) is 10.6 Å². The van der Waals surface area contributed by atoms with E-state index in [9.17, 15) is 20.1 Å². The number of furan rings is 1. The predicted octanol–water partition coefficient (Wildman–Crippen LogP) is -2.10. The highest BCUT2D eigenvalue weighted by Crippen LogP contribution is 2.11. The first kappa shape index (κ1) is 13.8. The lowest BCUT2D eigenvalue weighted by atomic mass is 9.99. The summed E-state index contributed by atoms with van der Waals surface area (Å²) in [6.45, 7) is -0.806. The van der Waals surface area contributed by atoms with Crippen molar-refractivity contribution < 1.29 is 34.7 Å². The predicted molar refractivity (Wildman–Crippen MR) is 54.2 cm³/mol. The lowest BCUT2D eigenvalue weighted by molar-refractivity contribution is -0.106. The van der Waals surface area contributed by atoms with Gasteiger partial charge < -0.3 is 29.9 Å². The summed E-state index contributed by atoms with van der Waals surface area (Å²) in [6, 6.07) is 2.71. The highest BCUT2D eigenvalue weighted by atomic mass is 16.4. The lowest BCUT2D eigenvalue weighted by Gasteiger charge is -2.24. The van der Waals surface area contributed by atoms with Crippen molar-refractivity contribution in [2.24, 2.45) is 0 Å². The summed E-state index contributed by atoms with van der Waals surface area (Å²) in [5.41, 5.74) is 0. The number of hydrogen-bond donors (Lipinski definition) is 5. The van der Waals surface area contributed by atoms with Crippen LogP contribution in [0.5, 0.6) is 0 Å². The van der Waals surface area contributed by atoms with Crippen molar-refractivity contribution in [2.75, 3.05) is 6.61 Å². The van der Waals surface area contributed by atoms with Crippen LogP contribution in [0.2, 0.25) is 0 Å². The molecule has 0 unspecified atom stereocenters. The zero-order valence-corrected chi connectivity index (χ0v) is 8.80. The summed E-state index contributed by atoms with van der Waals surface area (Å²) < 4.78 is 4.72. The average Bonchev–Trinajstić information content (AvgIpc) is 2.87. The SMILES string of the molecule is O=C(c1ccco1)[C@H](O)[C@H](O)[C@H](O)[C@H](O)CO. The first-order valence-electron chi connectivity index (χ1n) is 4.90. The standard InChI is InChI=1S/C10H14O7/c11-4-5(12)7(13)9(15)10(16)8(14)6-2-1-3-17-6/h1-3,5,7,9-13,15-16H,4H2/t5-,7-,9-,10+/m1/s1. The topological polar surface area (TPSA) is 131 Å². The largest absolute Gasteiger partial charge is 0.461 e. The molecule has 1 heterocycles. The molecule has 1 aromatic rings. The molecule has 0 saturated heterocycles. The normalized spacial score (nSPS) is 18.4. The molecule has 0 aromatic carbocycles. The van der Waals surface area contributed by atoms with E-state index < -0.39 is 36.8 Å². The number of rotatable bonds is 6. The number of ketones is 1. The van der Waals surface area contributed by atoms with Crippen molar-refractivity contribution >= 4 is 5.78 Å². The summed E-state index contributed by atoms with van der Waals surface area (Å²) in [6.07, 6.45) is -6.14. The fraction of sp³-hybridized carbons (Fsp3) is 0.500. The van der Waals surface area contributed by atoms with Crippen LogP contribution in [0, 0.1) is 0 Å². The molecule has 7 heteroatoms. The third-order valence-electron chi connectivity index (χ3n) is 2.29. The fourth-order valence-corrected chi connectivity index (χ4v) is 1.24. The van der Waals surface area contributed by atoms with Crippen LogP contribution in [0.25, 0.3) is 0 Å². The average molecular weight is 246 g/mol. The van der Waals surface area contributed by atoms with Gasteiger partial charge in [-0.05, 0) is 12.1 Å². The van der Waals surface area contributed by atoms with Crippen molar-refractivity contribution in [2.45, 2.75) is 24.4 Å². The van der Waals surface area contributed by atoms with Crippen LogP contribution in [0.4, 0.5) is 0 Å². The Morgan fingerprint density at radius 2 is 1.88 bits per heavy atom. The smallest absolute Gasteiger partial charge is 0.229 e. The molecule has 0 bridgehead atoms. The van der Waals surface area contributed by atoms with Crippen LogP contribution >= 0.6 is 0 Å². The molecule has 7 nitrogen and oxygen atoms in total. The summed E-state index contributed by atoms with van der Waals surface area (Å²) >= 11 is 0. The molecule has 0 aliphatic rings. The van der Waals surface area contributed by atoms with Crippen molar-refractivity contribution in [1.82, 2.24) is 0 Å². The van der Waals surface area contributed by atoms with Gasteiger partial charge in [0.15, 0.2) is 5.76 Å². The summed E-state index contributed by atoms with van der Waals surface area (Å²) in [5.74, 6) is -1.10. The number of Topliss-reactive ketones (excluding diaryl/α,β-unsaturated/α-hetero) is 1. The molecule has 0 spiro atoms. The number of carbonyl (C=O) groups excluding carboxylic acids is 1. The van der Waals surface area contributed by atoms with E-state index in [2.05, 4.69) is 0 Å². The Balaban J connectivity index is 2.69. The van der Waals surface area contributed by atoms with Gasteiger partial charge in [-0.3, -0.25) is 4.79 Å². The minimum absolute atomic E-state index is 0.178. The molecule has 1 aromatic heterocycles. The molecule has 96 valence electrons. The molecule has 0 aliphatic carbocycles. The Morgan fingerprint density at radius 3 is 2.35 bits per heavy atom. The highest BCUT2D eigenvalue weighted by molar-refractivity contribution is 5.97. The van der Waals surface area contributed by atoms with Crippen LogP contribution in [0.3, 0.4) is 0 Å². The maximum absolute atomic E-state index is 11.5. The van der Waals surface area contributed by atoms with Crippen molar-refractivity contribution in [1.29, 1.82) is 0 Å². The number of carbonyl (C=O) groups is 1. The monoisotopic (exact) mass is 246 g/mol. The molecule has 0 aliphatic heterocycles. The minimum atomic E-state index is -1.95. The van der Waals surface area contributed by atoms with Gasteiger partial charge >= 0.3 is 0 Å². The van der Waals surface area contributed by atoms with Gasteiger partial charge in [-0.15, -0.1) is 0 Å². The quantitative estimate of drug-likeness (QED) is 0.363. The zero-order chi connectivity index (χ0) is 13.0. The van der Waals surface area contributed by atoms with Gasteiger partial charge in [-0.2, -0.15) is 0 Å². The van der Waals surface area contributed by atoms with Crippen LogP contribution in [-0.2, 0) is 0 Å². The molecule has 0 saturated carbocycles. The fourth-order valence-electron chi connectivity index (χ4n) is 1.24. The Labute approximate surface area is 96.5 Å². The van der Waals surface area contributed by atoms with Crippen molar-refractivity contribution in [3.63, 3.8) is 0 Å². The minimum Gasteiger partial charge on any atom is -0.461 e. The van der Waals surface area contributed by atoms with E-state index in [1.807, 2.05) is 0 Å². The first-order chi connectivity index (χ1) is 7.99. The van der Waals surface area contributed by atoms with E-state index in [-0.39, 0.29) is 5.76 Å². The van der Waals surface area contributed by atoms with E-state index in [0.717, 1.165) is 0 Å². The molecule has 0 radical (unpaired) electrons. The zero-order valence-electron chi connectivity index (χ0n) is 8.80. The van der Waals surface area contributed by atoms with Crippen LogP contribution < -0.4 is 0 Å². The van der Waals surface area contributed by atoms with Gasteiger partial charge in [-0.1, -0.05) is 0 Å². The maximum atomic E-state index is 11.5. The van der Waals surface area contributed by atoms with Gasteiger partial charge in [0.1, 0.15) is 24.4 Å². The molecular formula is C10H14O7. The number of aliphatic hydroxyl groups excluding tert-OH is 5. The second kappa shape index (κ2) is 5.89. The van der Waals surface area contributed by atoms with Gasteiger partial charge in [-0.25, -0.2) is 0 Å². The van der Waals surface area contributed by atoms with Gasteiger partial charge in [0.25, 0.3) is 0 Å². The maximum Gasteiger partial charge on any atom is 0.229 e. The van der Waals surface area contributed by atoms with E-state index in [0.29, 0.717) is 0 Å². The van der Waals surface area contributed by atoms with Crippen LogP contribution in [-0.4, -0.2) is 62.3 Å². The Hall–Kier alpha value is -1.25. The van der Waals surface area contributed by atoms with Crippen molar-refractivity contribution in [3.8, 4) is 0 Å². The Kier molecular flexibility index (Phi) is 4.79. The first-order valence-corrected chi connectivity index (χ1v) is 4.90. The second-order valence-electron chi connectivity index (χ2n) is 3.52. The van der Waals surface area contributed by atoms with Gasteiger partial charge in [0, 0.05) is 0 Å².